The van der Waals surface area contributed by atoms with Crippen molar-refractivity contribution in [3.05, 3.63) is 34.3 Å². The molecule has 1 aliphatic rings. The predicted molar refractivity (Wildman–Crippen MR) is 84.4 cm³/mol. The summed E-state index contributed by atoms with van der Waals surface area (Å²) >= 11 is 3.30. The van der Waals surface area contributed by atoms with Crippen LogP contribution in [0.25, 0.3) is 0 Å². The van der Waals surface area contributed by atoms with E-state index in [1.165, 1.54) is 6.92 Å². The van der Waals surface area contributed by atoms with E-state index in [9.17, 15) is 14.4 Å². The number of nitrogens with one attached hydrogen (secondary N) is 1. The molecule has 22 heavy (non-hydrogen) atoms. The quantitative estimate of drug-likeness (QED) is 0.593. The Kier molecular flexibility index (Phi) is 5.71. The van der Waals surface area contributed by atoms with Gasteiger partial charge in [0.05, 0.1) is 6.42 Å². The summed E-state index contributed by atoms with van der Waals surface area (Å²) in [5.41, 5.74) is 0.551. The van der Waals surface area contributed by atoms with Gasteiger partial charge in [0.15, 0.2) is 11.9 Å². The Balaban J connectivity index is 1.73. The number of hydrogen-bond acceptors (Lipinski definition) is 4. The molecule has 1 fully saturated rings. The van der Waals surface area contributed by atoms with Gasteiger partial charge in [0.2, 0.25) is 0 Å². The molecule has 1 saturated carbocycles. The number of carbonyl (C=O) groups excluding carboxylic acids is 3. The standard InChI is InChI=1S/C16H18BrNO4/c1-10(16(21)18-13-6-7-13)22-15(20)9-8-14(19)11-2-4-12(17)5-3-11/h2-5,10,13H,6-9H2,1H3,(H,18,21)/t10-/m1/s1. The minimum atomic E-state index is -0.823. The van der Waals surface area contributed by atoms with Gasteiger partial charge in [-0.1, -0.05) is 28.1 Å². The lowest BCUT2D eigenvalue weighted by molar-refractivity contribution is -0.154. The fourth-order valence-corrected chi connectivity index (χ4v) is 2.12. The van der Waals surface area contributed by atoms with Crippen molar-refractivity contribution in [1.29, 1.82) is 0 Å². The Hall–Kier alpha value is -1.69. The van der Waals surface area contributed by atoms with Gasteiger partial charge >= 0.3 is 5.97 Å². The third kappa shape index (κ3) is 5.26. The van der Waals surface area contributed by atoms with E-state index in [0.717, 1.165) is 17.3 Å². The van der Waals surface area contributed by atoms with Crippen LogP contribution in [0.5, 0.6) is 0 Å². The highest BCUT2D eigenvalue weighted by atomic mass is 79.9. The van der Waals surface area contributed by atoms with Crippen LogP contribution in [-0.2, 0) is 14.3 Å². The molecule has 1 atom stereocenters. The van der Waals surface area contributed by atoms with Gasteiger partial charge in [-0.15, -0.1) is 0 Å². The second kappa shape index (κ2) is 7.54. The van der Waals surface area contributed by atoms with Crippen LogP contribution in [0.2, 0.25) is 0 Å². The van der Waals surface area contributed by atoms with Crippen LogP contribution in [0.3, 0.4) is 0 Å². The molecular weight excluding hydrogens is 350 g/mol. The number of ether oxygens (including phenoxy) is 1. The summed E-state index contributed by atoms with van der Waals surface area (Å²) in [4.78, 5) is 35.3. The predicted octanol–water partition coefficient (Wildman–Crippen LogP) is 2.62. The molecule has 6 heteroatoms. The number of benzene rings is 1. The average molecular weight is 368 g/mol. The van der Waals surface area contributed by atoms with E-state index in [0.29, 0.717) is 5.56 Å². The molecule has 0 radical (unpaired) electrons. The number of ketones is 1. The Morgan fingerprint density at radius 2 is 1.86 bits per heavy atom. The van der Waals surface area contributed by atoms with Crippen LogP contribution < -0.4 is 5.32 Å². The second-order valence-electron chi connectivity index (χ2n) is 5.35. The zero-order chi connectivity index (χ0) is 16.1. The van der Waals surface area contributed by atoms with Gasteiger partial charge in [0.25, 0.3) is 5.91 Å². The molecule has 5 nitrogen and oxygen atoms in total. The van der Waals surface area contributed by atoms with Crippen LogP contribution in [0.1, 0.15) is 43.0 Å². The van der Waals surface area contributed by atoms with Crippen molar-refractivity contribution >= 4 is 33.6 Å². The summed E-state index contributed by atoms with van der Waals surface area (Å²) in [5.74, 6) is -0.946. The summed E-state index contributed by atoms with van der Waals surface area (Å²) in [6.45, 7) is 1.53. The first-order valence-electron chi connectivity index (χ1n) is 7.24. The molecule has 2 rings (SSSR count). The van der Waals surface area contributed by atoms with E-state index in [-0.39, 0.29) is 30.6 Å². The maximum atomic E-state index is 11.9. The molecule has 0 bridgehead atoms. The van der Waals surface area contributed by atoms with Crippen molar-refractivity contribution in [3.8, 4) is 0 Å². The highest BCUT2D eigenvalue weighted by Gasteiger charge is 2.27. The van der Waals surface area contributed by atoms with E-state index in [2.05, 4.69) is 21.2 Å². The van der Waals surface area contributed by atoms with E-state index in [4.69, 9.17) is 4.74 Å². The van der Waals surface area contributed by atoms with E-state index in [1.807, 2.05) is 0 Å². The van der Waals surface area contributed by atoms with Gasteiger partial charge in [-0.25, -0.2) is 0 Å². The molecule has 0 aromatic heterocycles. The molecule has 0 saturated heterocycles. The van der Waals surface area contributed by atoms with Crippen LogP contribution in [0, 0.1) is 0 Å². The van der Waals surface area contributed by atoms with Crippen molar-refractivity contribution in [3.63, 3.8) is 0 Å². The minimum absolute atomic E-state index is 0.0318. The Labute approximate surface area is 137 Å². The van der Waals surface area contributed by atoms with Gasteiger partial charge in [-0.2, -0.15) is 0 Å². The largest absolute Gasteiger partial charge is 0.453 e. The SMILES string of the molecule is C[C@@H](OC(=O)CCC(=O)c1ccc(Br)cc1)C(=O)NC1CC1. The Bertz CT molecular complexity index is 566. The van der Waals surface area contributed by atoms with Crippen LogP contribution in [0.4, 0.5) is 0 Å². The molecule has 0 heterocycles. The second-order valence-corrected chi connectivity index (χ2v) is 6.26. The summed E-state index contributed by atoms with van der Waals surface area (Å²) in [6.07, 6.45) is 1.17. The first-order chi connectivity index (χ1) is 10.5. The van der Waals surface area contributed by atoms with E-state index >= 15 is 0 Å². The molecule has 1 aromatic carbocycles. The number of halogens is 1. The lowest BCUT2D eigenvalue weighted by atomic mass is 10.1. The average Bonchev–Trinajstić information content (AvgIpc) is 3.29. The smallest absolute Gasteiger partial charge is 0.307 e. The lowest BCUT2D eigenvalue weighted by Gasteiger charge is -2.12. The molecule has 1 N–H and O–H groups in total. The topological polar surface area (TPSA) is 72.5 Å². The van der Waals surface area contributed by atoms with Crippen molar-refractivity contribution in [2.75, 3.05) is 0 Å². The highest BCUT2D eigenvalue weighted by molar-refractivity contribution is 9.10. The number of hydrogen-bond donors (Lipinski definition) is 1. The van der Waals surface area contributed by atoms with E-state index in [1.54, 1.807) is 24.3 Å². The molecule has 0 unspecified atom stereocenters. The van der Waals surface area contributed by atoms with Gasteiger partial charge < -0.3 is 10.1 Å². The number of amides is 1. The van der Waals surface area contributed by atoms with Gasteiger partial charge in [-0.3, -0.25) is 14.4 Å². The van der Waals surface area contributed by atoms with Crippen LogP contribution >= 0.6 is 15.9 Å². The van der Waals surface area contributed by atoms with Crippen molar-refractivity contribution in [1.82, 2.24) is 5.32 Å². The lowest BCUT2D eigenvalue weighted by Crippen LogP contribution is -2.37. The molecule has 1 amide bonds. The van der Waals surface area contributed by atoms with Gasteiger partial charge in [0, 0.05) is 22.5 Å². The first-order valence-corrected chi connectivity index (χ1v) is 8.03. The fourth-order valence-electron chi connectivity index (χ4n) is 1.85. The third-order valence-electron chi connectivity index (χ3n) is 3.32. The van der Waals surface area contributed by atoms with Gasteiger partial charge in [0.1, 0.15) is 0 Å². The first kappa shape index (κ1) is 16.7. The maximum Gasteiger partial charge on any atom is 0.307 e. The monoisotopic (exact) mass is 367 g/mol. The van der Waals surface area contributed by atoms with Crippen LogP contribution in [-0.4, -0.2) is 29.8 Å². The van der Waals surface area contributed by atoms with Crippen molar-refractivity contribution in [2.45, 2.75) is 44.8 Å². The Morgan fingerprint density at radius 3 is 2.45 bits per heavy atom. The number of Topliss-reactive ketones (excluding diaryl/α,β-unsaturated/α-hetero) is 1. The zero-order valence-electron chi connectivity index (χ0n) is 12.3. The minimum Gasteiger partial charge on any atom is -0.453 e. The number of esters is 1. The third-order valence-corrected chi connectivity index (χ3v) is 3.85. The fraction of sp³-hybridized carbons (Fsp3) is 0.438. The molecule has 1 aromatic rings. The number of rotatable bonds is 7. The molecule has 118 valence electrons. The maximum absolute atomic E-state index is 11.9. The summed E-state index contributed by atoms with van der Waals surface area (Å²) in [6, 6.07) is 7.17. The van der Waals surface area contributed by atoms with Crippen molar-refractivity contribution < 1.29 is 19.1 Å². The highest BCUT2D eigenvalue weighted by Crippen LogP contribution is 2.19. The normalized spacial score (nSPS) is 15.0. The molecule has 0 spiro atoms. The van der Waals surface area contributed by atoms with Gasteiger partial charge in [-0.05, 0) is 31.9 Å². The summed E-state index contributed by atoms with van der Waals surface area (Å²) in [5, 5.41) is 2.77. The van der Waals surface area contributed by atoms with Crippen molar-refractivity contribution in [2.24, 2.45) is 0 Å². The molecular formula is C16H18BrNO4. The zero-order valence-corrected chi connectivity index (χ0v) is 13.9. The molecule has 1 aliphatic carbocycles. The number of carbonyl (C=O) groups is 3. The Morgan fingerprint density at radius 1 is 1.23 bits per heavy atom. The summed E-state index contributed by atoms with van der Waals surface area (Å²) < 4.78 is 5.92. The molecule has 0 aliphatic heterocycles. The van der Waals surface area contributed by atoms with E-state index < -0.39 is 12.1 Å². The van der Waals surface area contributed by atoms with Crippen LogP contribution in [0.15, 0.2) is 28.7 Å². The summed E-state index contributed by atoms with van der Waals surface area (Å²) in [7, 11) is 0.